The highest BCUT2D eigenvalue weighted by molar-refractivity contribution is 6.03. The van der Waals surface area contributed by atoms with Gasteiger partial charge >= 0.3 is 0 Å². The van der Waals surface area contributed by atoms with Gasteiger partial charge in [-0.1, -0.05) is 6.07 Å². The summed E-state index contributed by atoms with van der Waals surface area (Å²) < 4.78 is 27.2. The molecule has 0 spiro atoms. The minimum absolute atomic E-state index is 0.0186. The highest BCUT2D eigenvalue weighted by Crippen LogP contribution is 2.19. The van der Waals surface area contributed by atoms with Crippen molar-refractivity contribution in [1.29, 1.82) is 0 Å². The van der Waals surface area contributed by atoms with Crippen LogP contribution in [0.5, 0.6) is 0 Å². The number of hydrogen-bond donors (Lipinski definition) is 2. The molecule has 0 fully saturated rings. The number of halogens is 2. The van der Waals surface area contributed by atoms with Crippen molar-refractivity contribution in [2.75, 3.05) is 10.6 Å². The fourth-order valence-electron chi connectivity index (χ4n) is 2.07. The van der Waals surface area contributed by atoms with Crippen molar-refractivity contribution >= 4 is 17.4 Å². The number of anilines is 2. The van der Waals surface area contributed by atoms with E-state index in [4.69, 9.17) is 0 Å². The number of hydrogen-bond acceptors (Lipinski definition) is 5. The molecule has 6 nitrogen and oxygen atoms in total. The van der Waals surface area contributed by atoms with E-state index in [1.165, 1.54) is 18.5 Å². The van der Waals surface area contributed by atoms with Gasteiger partial charge in [0, 0.05) is 25.0 Å². The molecule has 8 heteroatoms. The van der Waals surface area contributed by atoms with Gasteiger partial charge in [0.1, 0.15) is 35.2 Å². The molecular formula is C17H13F2N5O. The van der Waals surface area contributed by atoms with E-state index in [2.05, 4.69) is 25.6 Å². The second kappa shape index (κ2) is 7.43. The lowest BCUT2D eigenvalue weighted by Gasteiger charge is -2.09. The maximum Gasteiger partial charge on any atom is 0.274 e. The van der Waals surface area contributed by atoms with Crippen molar-refractivity contribution in [3.8, 4) is 0 Å². The minimum atomic E-state index is -0.863. The Morgan fingerprint density at radius 3 is 2.48 bits per heavy atom. The van der Waals surface area contributed by atoms with Crippen molar-refractivity contribution < 1.29 is 13.6 Å². The molecule has 126 valence electrons. The van der Waals surface area contributed by atoms with Gasteiger partial charge in [0.15, 0.2) is 0 Å². The number of amides is 1. The summed E-state index contributed by atoms with van der Waals surface area (Å²) in [7, 11) is 0. The van der Waals surface area contributed by atoms with Gasteiger partial charge < -0.3 is 10.6 Å². The number of nitrogens with zero attached hydrogens (tertiary/aromatic N) is 3. The Hall–Kier alpha value is -3.42. The summed E-state index contributed by atoms with van der Waals surface area (Å²) in [5.74, 6) is -2.05. The van der Waals surface area contributed by atoms with Gasteiger partial charge in [-0.3, -0.25) is 9.78 Å². The lowest BCUT2D eigenvalue weighted by Crippen LogP contribution is -2.16. The van der Waals surface area contributed by atoms with Crippen LogP contribution in [0.1, 0.15) is 16.1 Å². The second-order valence-electron chi connectivity index (χ2n) is 5.05. The molecule has 0 aliphatic rings. The van der Waals surface area contributed by atoms with Gasteiger partial charge in [0.05, 0.1) is 0 Å². The van der Waals surface area contributed by atoms with Gasteiger partial charge in [-0.25, -0.2) is 18.7 Å². The Morgan fingerprint density at radius 2 is 1.76 bits per heavy atom. The maximum absolute atomic E-state index is 13.6. The van der Waals surface area contributed by atoms with Crippen LogP contribution in [0.4, 0.5) is 20.3 Å². The van der Waals surface area contributed by atoms with Gasteiger partial charge in [-0.2, -0.15) is 0 Å². The van der Waals surface area contributed by atoms with Gasteiger partial charge in [0.25, 0.3) is 5.91 Å². The average molecular weight is 341 g/mol. The summed E-state index contributed by atoms with van der Waals surface area (Å²) in [6.45, 7) is 0.475. The van der Waals surface area contributed by atoms with Crippen LogP contribution >= 0.6 is 0 Å². The van der Waals surface area contributed by atoms with Gasteiger partial charge in [0.2, 0.25) is 0 Å². The van der Waals surface area contributed by atoms with Crippen LogP contribution in [0.2, 0.25) is 0 Å². The summed E-state index contributed by atoms with van der Waals surface area (Å²) in [5, 5.41) is 5.22. The van der Waals surface area contributed by atoms with E-state index in [0.29, 0.717) is 12.4 Å². The van der Waals surface area contributed by atoms with Crippen molar-refractivity contribution in [2.45, 2.75) is 6.54 Å². The third-order valence-electron chi connectivity index (χ3n) is 3.32. The van der Waals surface area contributed by atoms with Crippen LogP contribution in [-0.4, -0.2) is 20.9 Å². The zero-order valence-corrected chi connectivity index (χ0v) is 12.9. The molecule has 2 N–H and O–H groups in total. The van der Waals surface area contributed by atoms with E-state index in [1.807, 2.05) is 12.1 Å². The Kier molecular flexibility index (Phi) is 4.89. The van der Waals surface area contributed by atoms with Crippen molar-refractivity contribution in [3.05, 3.63) is 78.0 Å². The molecule has 0 bridgehead atoms. The quantitative estimate of drug-likeness (QED) is 0.746. The molecule has 0 aliphatic carbocycles. The Bertz CT molecular complexity index is 869. The van der Waals surface area contributed by atoms with E-state index >= 15 is 0 Å². The predicted molar refractivity (Wildman–Crippen MR) is 87.9 cm³/mol. The summed E-state index contributed by atoms with van der Waals surface area (Å²) in [4.78, 5) is 23.9. The molecule has 2 aromatic heterocycles. The summed E-state index contributed by atoms with van der Waals surface area (Å²) in [5.41, 5.74) is 0.445. The van der Waals surface area contributed by atoms with Crippen molar-refractivity contribution in [3.63, 3.8) is 0 Å². The van der Waals surface area contributed by atoms with Gasteiger partial charge in [-0.05, 0) is 29.8 Å². The van der Waals surface area contributed by atoms with Crippen LogP contribution in [-0.2, 0) is 6.54 Å². The number of aromatic nitrogens is 3. The first-order valence-electron chi connectivity index (χ1n) is 7.33. The smallest absolute Gasteiger partial charge is 0.274 e. The van der Waals surface area contributed by atoms with Gasteiger partial charge in [-0.15, -0.1) is 0 Å². The molecule has 1 aromatic carbocycles. The zero-order valence-electron chi connectivity index (χ0n) is 12.9. The summed E-state index contributed by atoms with van der Waals surface area (Å²) >= 11 is 0. The fourth-order valence-corrected chi connectivity index (χ4v) is 2.07. The van der Waals surface area contributed by atoms with Crippen LogP contribution in [0.25, 0.3) is 0 Å². The predicted octanol–water partition coefficient (Wildman–Crippen LogP) is 3.01. The minimum Gasteiger partial charge on any atom is -0.366 e. The molecular weight excluding hydrogens is 328 g/mol. The van der Waals surface area contributed by atoms with E-state index < -0.39 is 23.2 Å². The number of para-hydroxylation sites is 1. The number of rotatable bonds is 5. The van der Waals surface area contributed by atoms with Crippen LogP contribution < -0.4 is 10.6 Å². The van der Waals surface area contributed by atoms with Crippen molar-refractivity contribution in [2.24, 2.45) is 0 Å². The molecule has 0 aliphatic heterocycles. The molecule has 0 saturated carbocycles. The first kappa shape index (κ1) is 16.4. The lowest BCUT2D eigenvalue weighted by atomic mass is 10.2. The van der Waals surface area contributed by atoms with E-state index in [0.717, 1.165) is 17.7 Å². The SMILES string of the molecule is O=C(Nc1c(F)cccc1F)c1cc(NCc2ccncc2)ncn1. The standard InChI is InChI=1S/C17H13F2N5O/c18-12-2-1-3-13(19)16(12)24-17(25)14-8-15(23-10-22-14)21-9-11-4-6-20-7-5-11/h1-8,10H,9H2,(H,24,25)(H,21,22,23). The van der Waals surface area contributed by atoms with Crippen LogP contribution in [0.3, 0.4) is 0 Å². The average Bonchev–Trinajstić information content (AvgIpc) is 2.64. The molecule has 1 amide bonds. The monoisotopic (exact) mass is 341 g/mol. The Balaban J connectivity index is 1.71. The summed E-state index contributed by atoms with van der Waals surface area (Å²) in [6.07, 6.45) is 4.53. The van der Waals surface area contributed by atoms with Crippen LogP contribution in [0.15, 0.2) is 55.1 Å². The molecule has 3 aromatic rings. The first-order valence-corrected chi connectivity index (χ1v) is 7.33. The van der Waals surface area contributed by atoms with Crippen LogP contribution in [0, 0.1) is 11.6 Å². The highest BCUT2D eigenvalue weighted by atomic mass is 19.1. The third kappa shape index (κ3) is 4.11. The fraction of sp³-hybridized carbons (Fsp3) is 0.0588. The largest absolute Gasteiger partial charge is 0.366 e. The molecule has 0 atom stereocenters. The highest BCUT2D eigenvalue weighted by Gasteiger charge is 2.15. The number of carbonyl (C=O) groups is 1. The summed E-state index contributed by atoms with van der Waals surface area (Å²) in [6, 6.07) is 8.40. The molecule has 25 heavy (non-hydrogen) atoms. The molecule has 0 radical (unpaired) electrons. The van der Waals surface area contributed by atoms with E-state index in [-0.39, 0.29) is 5.69 Å². The first-order chi connectivity index (χ1) is 12.1. The number of benzene rings is 1. The Morgan fingerprint density at radius 1 is 1.04 bits per heavy atom. The number of nitrogens with one attached hydrogen (secondary N) is 2. The maximum atomic E-state index is 13.6. The second-order valence-corrected chi connectivity index (χ2v) is 5.05. The third-order valence-corrected chi connectivity index (χ3v) is 3.32. The normalized spacial score (nSPS) is 10.3. The molecule has 0 saturated heterocycles. The molecule has 2 heterocycles. The zero-order chi connectivity index (χ0) is 17.6. The van der Waals surface area contributed by atoms with E-state index in [1.54, 1.807) is 12.4 Å². The molecule has 0 unspecified atom stereocenters. The molecule has 3 rings (SSSR count). The lowest BCUT2D eigenvalue weighted by molar-refractivity contribution is 0.102. The van der Waals surface area contributed by atoms with E-state index in [9.17, 15) is 13.6 Å². The Labute approximate surface area is 142 Å². The topological polar surface area (TPSA) is 79.8 Å². The number of pyridine rings is 1. The van der Waals surface area contributed by atoms with Crippen molar-refractivity contribution in [1.82, 2.24) is 15.0 Å². The number of carbonyl (C=O) groups excluding carboxylic acids is 1.